The van der Waals surface area contributed by atoms with E-state index in [0.29, 0.717) is 23.1 Å². The maximum atomic E-state index is 12.2. The molecule has 2 aromatic heterocycles. The smallest absolute Gasteiger partial charge is 0.273 e. The van der Waals surface area contributed by atoms with E-state index in [1.165, 1.54) is 6.26 Å². The Balaban J connectivity index is 1.35. The van der Waals surface area contributed by atoms with Crippen molar-refractivity contribution in [2.75, 3.05) is 6.79 Å². The van der Waals surface area contributed by atoms with Crippen molar-refractivity contribution in [3.63, 3.8) is 0 Å². The van der Waals surface area contributed by atoms with Gasteiger partial charge < -0.3 is 23.9 Å². The first-order chi connectivity index (χ1) is 12.7. The minimum atomic E-state index is -0.425. The van der Waals surface area contributed by atoms with Crippen molar-refractivity contribution in [2.24, 2.45) is 0 Å². The van der Waals surface area contributed by atoms with Crippen LogP contribution in [0.3, 0.4) is 0 Å². The SMILES string of the molecule is C[C@@H](NC(=O)c1coc(COc2ccc3c(c2)OCO3)n1)c1nn[nH]n1. The van der Waals surface area contributed by atoms with E-state index in [1.54, 1.807) is 25.1 Å². The van der Waals surface area contributed by atoms with Crippen LogP contribution >= 0.6 is 0 Å². The number of rotatable bonds is 6. The largest absolute Gasteiger partial charge is 0.484 e. The monoisotopic (exact) mass is 358 g/mol. The molecule has 1 amide bonds. The van der Waals surface area contributed by atoms with Gasteiger partial charge in [-0.05, 0) is 19.1 Å². The summed E-state index contributed by atoms with van der Waals surface area (Å²) in [6.45, 7) is 1.99. The molecule has 0 saturated heterocycles. The molecule has 0 fully saturated rings. The van der Waals surface area contributed by atoms with Crippen molar-refractivity contribution >= 4 is 5.91 Å². The second-order valence-corrected chi connectivity index (χ2v) is 5.40. The molecule has 11 heteroatoms. The fraction of sp³-hybridized carbons (Fsp3) is 0.267. The van der Waals surface area contributed by atoms with Crippen molar-refractivity contribution in [3.05, 3.63) is 41.9 Å². The predicted octanol–water partition coefficient (Wildman–Crippen LogP) is 0.986. The zero-order valence-electron chi connectivity index (χ0n) is 13.6. The van der Waals surface area contributed by atoms with Gasteiger partial charge in [0.05, 0.1) is 6.04 Å². The fourth-order valence-electron chi connectivity index (χ4n) is 2.28. The number of amides is 1. The summed E-state index contributed by atoms with van der Waals surface area (Å²) in [5.74, 6) is 2.08. The number of aromatic amines is 1. The first-order valence-electron chi connectivity index (χ1n) is 7.70. The number of aromatic nitrogens is 5. The fourth-order valence-corrected chi connectivity index (χ4v) is 2.28. The highest BCUT2D eigenvalue weighted by atomic mass is 16.7. The average molecular weight is 358 g/mol. The van der Waals surface area contributed by atoms with Crippen LogP contribution in [0.4, 0.5) is 0 Å². The summed E-state index contributed by atoms with van der Waals surface area (Å²) in [7, 11) is 0. The molecule has 1 atom stereocenters. The van der Waals surface area contributed by atoms with Crippen molar-refractivity contribution in [1.29, 1.82) is 0 Å². The topological polar surface area (TPSA) is 137 Å². The number of fused-ring (bicyclic) bond motifs is 1. The number of nitrogens with one attached hydrogen (secondary N) is 2. The molecule has 3 aromatic rings. The standard InChI is InChI=1S/C15H14N6O5/c1-8(14-18-20-21-19-14)16-15(22)10-5-24-13(17-10)6-23-9-2-3-11-12(4-9)26-7-25-11/h2-5,8H,6-7H2,1H3,(H,16,22)(H,18,19,20,21)/t8-/m1/s1. The van der Waals surface area contributed by atoms with Gasteiger partial charge in [0.25, 0.3) is 5.91 Å². The molecule has 3 heterocycles. The average Bonchev–Trinajstić information content (AvgIpc) is 3.40. The van der Waals surface area contributed by atoms with Gasteiger partial charge in [0.1, 0.15) is 12.0 Å². The van der Waals surface area contributed by atoms with Gasteiger partial charge in [0.2, 0.25) is 12.7 Å². The number of carbonyl (C=O) groups is 1. The van der Waals surface area contributed by atoms with Crippen molar-refractivity contribution < 1.29 is 23.4 Å². The molecule has 1 aliphatic rings. The maximum Gasteiger partial charge on any atom is 0.273 e. The lowest BCUT2D eigenvalue weighted by molar-refractivity contribution is 0.0933. The lowest BCUT2D eigenvalue weighted by atomic mass is 10.3. The van der Waals surface area contributed by atoms with Gasteiger partial charge in [-0.25, -0.2) is 4.98 Å². The number of hydrogen-bond donors (Lipinski definition) is 2. The van der Waals surface area contributed by atoms with Crippen LogP contribution in [-0.4, -0.2) is 38.3 Å². The molecule has 11 nitrogen and oxygen atoms in total. The Hall–Kier alpha value is -3.63. The van der Waals surface area contributed by atoms with E-state index in [-0.39, 0.29) is 25.0 Å². The van der Waals surface area contributed by atoms with Crippen molar-refractivity contribution in [2.45, 2.75) is 19.6 Å². The lowest BCUT2D eigenvalue weighted by Gasteiger charge is -2.07. The summed E-state index contributed by atoms with van der Waals surface area (Å²) in [5, 5.41) is 16.1. The Labute approximate surface area is 146 Å². The second kappa shape index (κ2) is 6.70. The first-order valence-corrected chi connectivity index (χ1v) is 7.70. The minimum absolute atomic E-state index is 0.0628. The number of oxazole rings is 1. The van der Waals surface area contributed by atoms with Crippen molar-refractivity contribution in [1.82, 2.24) is 30.9 Å². The van der Waals surface area contributed by atoms with Crippen LogP contribution in [0.5, 0.6) is 17.2 Å². The van der Waals surface area contributed by atoms with E-state index < -0.39 is 11.9 Å². The Kier molecular flexibility index (Phi) is 4.09. The summed E-state index contributed by atoms with van der Waals surface area (Å²) >= 11 is 0. The predicted molar refractivity (Wildman–Crippen MR) is 83.5 cm³/mol. The Morgan fingerprint density at radius 2 is 2.27 bits per heavy atom. The van der Waals surface area contributed by atoms with Crippen molar-refractivity contribution in [3.8, 4) is 17.2 Å². The molecule has 0 spiro atoms. The van der Waals surface area contributed by atoms with Gasteiger partial charge in [0, 0.05) is 6.07 Å². The summed E-state index contributed by atoms with van der Waals surface area (Å²) < 4.78 is 21.4. The maximum absolute atomic E-state index is 12.2. The van der Waals surface area contributed by atoms with Crippen LogP contribution in [-0.2, 0) is 6.61 Å². The van der Waals surface area contributed by atoms with E-state index in [4.69, 9.17) is 18.6 Å². The van der Waals surface area contributed by atoms with E-state index in [0.717, 1.165) is 0 Å². The number of H-pyrrole nitrogens is 1. The molecule has 0 unspecified atom stereocenters. The Morgan fingerprint density at radius 1 is 1.38 bits per heavy atom. The minimum Gasteiger partial charge on any atom is -0.484 e. The van der Waals surface area contributed by atoms with Gasteiger partial charge in [0.15, 0.2) is 29.6 Å². The molecular weight excluding hydrogens is 344 g/mol. The molecule has 0 bridgehead atoms. The highest BCUT2D eigenvalue weighted by Gasteiger charge is 2.18. The van der Waals surface area contributed by atoms with E-state index in [1.807, 2.05) is 0 Å². The Morgan fingerprint density at radius 3 is 3.12 bits per heavy atom. The number of tetrazole rings is 1. The molecule has 4 rings (SSSR count). The van der Waals surface area contributed by atoms with Crippen LogP contribution in [0.15, 0.2) is 28.9 Å². The summed E-state index contributed by atoms with van der Waals surface area (Å²) in [4.78, 5) is 16.3. The highest BCUT2D eigenvalue weighted by Crippen LogP contribution is 2.35. The van der Waals surface area contributed by atoms with Crippen LogP contribution in [0.25, 0.3) is 0 Å². The summed E-state index contributed by atoms with van der Waals surface area (Å²) in [5.41, 5.74) is 0.129. The summed E-state index contributed by atoms with van der Waals surface area (Å²) in [6, 6.07) is 4.79. The lowest BCUT2D eigenvalue weighted by Crippen LogP contribution is -2.27. The van der Waals surface area contributed by atoms with E-state index >= 15 is 0 Å². The molecule has 0 radical (unpaired) electrons. The zero-order chi connectivity index (χ0) is 17.9. The highest BCUT2D eigenvalue weighted by molar-refractivity contribution is 5.92. The first kappa shape index (κ1) is 15.9. The summed E-state index contributed by atoms with van der Waals surface area (Å²) in [6.07, 6.45) is 1.26. The van der Waals surface area contributed by atoms with Crippen LogP contribution in [0.1, 0.15) is 35.2 Å². The third-order valence-corrected chi connectivity index (χ3v) is 3.59. The molecule has 1 aliphatic heterocycles. The molecule has 0 aliphatic carbocycles. The Bertz CT molecular complexity index is 909. The molecule has 2 N–H and O–H groups in total. The molecule has 0 saturated carbocycles. The molecule has 26 heavy (non-hydrogen) atoms. The van der Waals surface area contributed by atoms with E-state index in [9.17, 15) is 4.79 Å². The van der Waals surface area contributed by atoms with E-state index in [2.05, 4.69) is 30.9 Å². The van der Waals surface area contributed by atoms with Crippen LogP contribution < -0.4 is 19.5 Å². The third-order valence-electron chi connectivity index (χ3n) is 3.59. The van der Waals surface area contributed by atoms with Gasteiger partial charge in [-0.1, -0.05) is 5.21 Å². The van der Waals surface area contributed by atoms with Gasteiger partial charge in [-0.3, -0.25) is 4.79 Å². The number of ether oxygens (including phenoxy) is 3. The van der Waals surface area contributed by atoms with Gasteiger partial charge in [-0.15, -0.1) is 10.2 Å². The molecule has 1 aromatic carbocycles. The number of hydrogen-bond acceptors (Lipinski definition) is 9. The number of nitrogens with zero attached hydrogens (tertiary/aromatic N) is 4. The molecular formula is C15H14N6O5. The number of carbonyl (C=O) groups excluding carboxylic acids is 1. The van der Waals surface area contributed by atoms with Crippen LogP contribution in [0.2, 0.25) is 0 Å². The van der Waals surface area contributed by atoms with Gasteiger partial charge in [-0.2, -0.15) is 5.21 Å². The molecule has 134 valence electrons. The van der Waals surface area contributed by atoms with Gasteiger partial charge >= 0.3 is 0 Å². The third kappa shape index (κ3) is 3.27. The number of benzene rings is 1. The quantitative estimate of drug-likeness (QED) is 0.660. The second-order valence-electron chi connectivity index (χ2n) is 5.40. The normalized spacial score (nSPS) is 13.4. The zero-order valence-corrected chi connectivity index (χ0v) is 13.6. The van der Waals surface area contributed by atoms with Crippen LogP contribution in [0, 0.1) is 0 Å².